The number of amides is 2. The van der Waals surface area contributed by atoms with Gasteiger partial charge in [-0.2, -0.15) is 0 Å². The lowest BCUT2D eigenvalue weighted by Crippen LogP contribution is -2.52. The highest BCUT2D eigenvalue weighted by atomic mass is 32.1. The van der Waals surface area contributed by atoms with Gasteiger partial charge in [-0.05, 0) is 35.2 Å². The summed E-state index contributed by atoms with van der Waals surface area (Å²) >= 11 is 1.70. The van der Waals surface area contributed by atoms with E-state index in [4.69, 9.17) is 0 Å². The number of piperazine rings is 1. The quantitative estimate of drug-likeness (QED) is 0.309. The number of benzene rings is 2. The van der Waals surface area contributed by atoms with Gasteiger partial charge in [-0.1, -0.05) is 24.3 Å². The van der Waals surface area contributed by atoms with Crippen LogP contribution in [0.1, 0.15) is 16.4 Å². The number of carbonyl (C=O) groups excluding carboxylic acids is 1. The Labute approximate surface area is 201 Å². The number of fused-ring (bicyclic) bond motifs is 1. The molecule has 5 rings (SSSR count). The number of hydrogen-bond acceptors (Lipinski definition) is 5. The highest BCUT2D eigenvalue weighted by Gasteiger charge is 2.24. The zero-order valence-electron chi connectivity index (χ0n) is 18.5. The van der Waals surface area contributed by atoms with E-state index in [1.807, 2.05) is 29.3 Å². The van der Waals surface area contributed by atoms with Crippen LogP contribution in [0.3, 0.4) is 0 Å². The van der Waals surface area contributed by atoms with Gasteiger partial charge in [0.2, 0.25) is 0 Å². The number of nitro groups is 1. The average molecular weight is 476 g/mol. The second-order valence-corrected chi connectivity index (χ2v) is 9.27. The molecule has 1 aliphatic rings. The summed E-state index contributed by atoms with van der Waals surface area (Å²) in [6, 6.07) is 18.9. The number of anilines is 1. The van der Waals surface area contributed by atoms with Crippen molar-refractivity contribution in [3.05, 3.63) is 92.8 Å². The van der Waals surface area contributed by atoms with E-state index in [1.165, 1.54) is 28.0 Å². The number of aromatic amines is 1. The SMILES string of the molecule is O=C(NCC(c1cccs1)c1c[nH]c2ccccc12)N1CCN(c2ccc([N+](=O)[O-])cc2)CC1. The number of thiophene rings is 1. The van der Waals surface area contributed by atoms with E-state index in [0.29, 0.717) is 32.7 Å². The van der Waals surface area contributed by atoms with Crippen molar-refractivity contribution < 1.29 is 9.72 Å². The van der Waals surface area contributed by atoms with Crippen LogP contribution in [-0.2, 0) is 0 Å². The lowest BCUT2D eigenvalue weighted by molar-refractivity contribution is -0.384. The van der Waals surface area contributed by atoms with Crippen molar-refractivity contribution in [3.63, 3.8) is 0 Å². The van der Waals surface area contributed by atoms with Crippen molar-refractivity contribution in [2.75, 3.05) is 37.6 Å². The largest absolute Gasteiger partial charge is 0.368 e. The zero-order valence-corrected chi connectivity index (χ0v) is 19.3. The Hall–Kier alpha value is -3.85. The summed E-state index contributed by atoms with van der Waals surface area (Å²) < 4.78 is 0. The number of H-pyrrole nitrogens is 1. The predicted octanol–water partition coefficient (Wildman–Crippen LogP) is 4.80. The number of hydrogen-bond donors (Lipinski definition) is 2. The summed E-state index contributed by atoms with van der Waals surface area (Å²) in [4.78, 5) is 32.0. The molecule has 0 spiro atoms. The number of nitrogens with zero attached hydrogens (tertiary/aromatic N) is 3. The van der Waals surface area contributed by atoms with Gasteiger partial charge in [-0.3, -0.25) is 10.1 Å². The molecule has 4 aromatic rings. The standard InChI is InChI=1S/C25H25N5O3S/c31-25(29-13-11-28(12-14-29)18-7-9-19(10-8-18)30(32)33)27-17-22(24-6-3-15-34-24)21-16-26-23-5-2-1-4-20(21)23/h1-10,15-16,22,26H,11-14,17H2,(H,27,31). The Morgan fingerprint density at radius 1 is 1.06 bits per heavy atom. The molecule has 9 heteroatoms. The van der Waals surface area contributed by atoms with Gasteiger partial charge >= 0.3 is 6.03 Å². The first-order chi connectivity index (χ1) is 16.6. The Kier molecular flexibility index (Phi) is 6.18. The molecule has 3 heterocycles. The van der Waals surface area contributed by atoms with Crippen molar-refractivity contribution >= 4 is 39.6 Å². The molecule has 2 amide bonds. The normalized spacial score (nSPS) is 14.8. The van der Waals surface area contributed by atoms with Crippen LogP contribution in [0.5, 0.6) is 0 Å². The van der Waals surface area contributed by atoms with Gasteiger partial charge in [0, 0.05) is 78.4 Å². The topological polar surface area (TPSA) is 94.5 Å². The molecule has 0 saturated carbocycles. The third-order valence-electron chi connectivity index (χ3n) is 6.33. The average Bonchev–Trinajstić information content (AvgIpc) is 3.55. The summed E-state index contributed by atoms with van der Waals surface area (Å²) in [5.41, 5.74) is 3.29. The monoisotopic (exact) mass is 475 g/mol. The first-order valence-corrected chi connectivity index (χ1v) is 12.1. The first kappa shape index (κ1) is 22.0. The lowest BCUT2D eigenvalue weighted by Gasteiger charge is -2.36. The van der Waals surface area contributed by atoms with E-state index in [9.17, 15) is 14.9 Å². The fourth-order valence-corrected chi connectivity index (χ4v) is 5.34. The van der Waals surface area contributed by atoms with Crippen LogP contribution in [-0.4, -0.2) is 53.6 Å². The maximum atomic E-state index is 13.0. The molecular weight excluding hydrogens is 450 g/mol. The molecule has 34 heavy (non-hydrogen) atoms. The summed E-state index contributed by atoms with van der Waals surface area (Å²) in [7, 11) is 0. The van der Waals surface area contributed by atoms with Gasteiger partial charge in [0.15, 0.2) is 0 Å². The lowest BCUT2D eigenvalue weighted by atomic mass is 9.97. The highest BCUT2D eigenvalue weighted by Crippen LogP contribution is 2.33. The van der Waals surface area contributed by atoms with Gasteiger partial charge in [0.05, 0.1) is 4.92 Å². The Morgan fingerprint density at radius 2 is 1.82 bits per heavy atom. The third-order valence-corrected chi connectivity index (χ3v) is 7.32. The van der Waals surface area contributed by atoms with Crippen molar-refractivity contribution in [2.24, 2.45) is 0 Å². The van der Waals surface area contributed by atoms with E-state index in [0.717, 1.165) is 11.2 Å². The smallest absolute Gasteiger partial charge is 0.317 e. The van der Waals surface area contributed by atoms with Crippen molar-refractivity contribution in [1.29, 1.82) is 0 Å². The third kappa shape index (κ3) is 4.47. The number of aromatic nitrogens is 1. The number of rotatable bonds is 6. The fourth-order valence-electron chi connectivity index (χ4n) is 4.49. The van der Waals surface area contributed by atoms with Crippen LogP contribution < -0.4 is 10.2 Å². The first-order valence-electron chi connectivity index (χ1n) is 11.2. The van der Waals surface area contributed by atoms with E-state index < -0.39 is 4.92 Å². The molecule has 0 bridgehead atoms. The molecule has 2 aromatic heterocycles. The number of urea groups is 1. The van der Waals surface area contributed by atoms with Crippen molar-refractivity contribution in [3.8, 4) is 0 Å². The van der Waals surface area contributed by atoms with Crippen LogP contribution in [0.15, 0.2) is 72.2 Å². The highest BCUT2D eigenvalue weighted by molar-refractivity contribution is 7.10. The predicted molar refractivity (Wildman–Crippen MR) is 135 cm³/mol. The molecule has 8 nitrogen and oxygen atoms in total. The van der Waals surface area contributed by atoms with Gasteiger partial charge in [-0.25, -0.2) is 4.79 Å². The molecule has 1 saturated heterocycles. The molecular formula is C25H25N5O3S. The molecule has 1 atom stereocenters. The number of non-ortho nitro benzene ring substituents is 1. The summed E-state index contributed by atoms with van der Waals surface area (Å²) in [6.45, 7) is 3.08. The minimum atomic E-state index is -0.397. The minimum Gasteiger partial charge on any atom is -0.368 e. The van der Waals surface area contributed by atoms with Crippen LogP contribution >= 0.6 is 11.3 Å². The maximum absolute atomic E-state index is 13.0. The minimum absolute atomic E-state index is 0.0650. The zero-order chi connectivity index (χ0) is 23.5. The van der Waals surface area contributed by atoms with Crippen LogP contribution in [0.2, 0.25) is 0 Å². The summed E-state index contributed by atoms with van der Waals surface area (Å²) in [5, 5.41) is 17.3. The van der Waals surface area contributed by atoms with E-state index in [2.05, 4.69) is 38.8 Å². The Morgan fingerprint density at radius 3 is 2.53 bits per heavy atom. The molecule has 1 fully saturated rings. The fraction of sp³-hybridized carbons (Fsp3) is 0.240. The Balaban J connectivity index is 1.22. The van der Waals surface area contributed by atoms with Crippen LogP contribution in [0.4, 0.5) is 16.2 Å². The number of nitro benzene ring substituents is 1. The van der Waals surface area contributed by atoms with Gasteiger partial charge in [0.25, 0.3) is 5.69 Å². The van der Waals surface area contributed by atoms with E-state index in [-0.39, 0.29) is 17.6 Å². The summed E-state index contributed by atoms with van der Waals surface area (Å²) in [5.74, 6) is 0.0708. The van der Waals surface area contributed by atoms with Gasteiger partial charge < -0.3 is 20.1 Å². The molecule has 1 unspecified atom stereocenters. The molecule has 0 aliphatic carbocycles. The second kappa shape index (κ2) is 9.56. The molecule has 0 radical (unpaired) electrons. The van der Waals surface area contributed by atoms with Crippen molar-refractivity contribution in [2.45, 2.75) is 5.92 Å². The van der Waals surface area contributed by atoms with Gasteiger partial charge in [-0.15, -0.1) is 11.3 Å². The van der Waals surface area contributed by atoms with Crippen molar-refractivity contribution in [1.82, 2.24) is 15.2 Å². The van der Waals surface area contributed by atoms with Gasteiger partial charge in [0.1, 0.15) is 0 Å². The van der Waals surface area contributed by atoms with E-state index in [1.54, 1.807) is 23.5 Å². The Bertz CT molecular complexity index is 1280. The van der Waals surface area contributed by atoms with E-state index >= 15 is 0 Å². The molecule has 174 valence electrons. The number of para-hydroxylation sites is 1. The molecule has 2 aromatic carbocycles. The maximum Gasteiger partial charge on any atom is 0.317 e. The number of carbonyl (C=O) groups is 1. The molecule has 2 N–H and O–H groups in total. The summed E-state index contributed by atoms with van der Waals surface area (Å²) in [6.07, 6.45) is 2.05. The van der Waals surface area contributed by atoms with Crippen LogP contribution in [0.25, 0.3) is 10.9 Å². The van der Waals surface area contributed by atoms with Crippen LogP contribution in [0, 0.1) is 10.1 Å². The number of nitrogens with one attached hydrogen (secondary N) is 2. The second-order valence-electron chi connectivity index (χ2n) is 8.29. The molecule has 1 aliphatic heterocycles.